The van der Waals surface area contributed by atoms with Crippen molar-refractivity contribution in [1.82, 2.24) is 0 Å². The summed E-state index contributed by atoms with van der Waals surface area (Å²) >= 11 is 5.58. The molecule has 0 saturated heterocycles. The number of carbonyl (C=O) groups excluding carboxylic acids is 1. The fraction of sp³-hybridized carbons (Fsp3) is 0.727. The van der Waals surface area contributed by atoms with Crippen LogP contribution in [-0.2, 0) is 9.53 Å². The molecule has 0 aromatic carbocycles. The van der Waals surface area contributed by atoms with E-state index in [-0.39, 0.29) is 18.0 Å². The lowest BCUT2D eigenvalue weighted by atomic mass is 10.1. The maximum Gasteiger partial charge on any atom is 0.335 e. The topological polar surface area (TPSA) is 26.3 Å². The van der Waals surface area contributed by atoms with Crippen LogP contribution in [0.2, 0.25) is 0 Å². The van der Waals surface area contributed by atoms with E-state index in [1.54, 1.807) is 0 Å². The van der Waals surface area contributed by atoms with Gasteiger partial charge in [-0.15, -0.1) is 11.6 Å². The molecule has 80 valence electrons. The van der Waals surface area contributed by atoms with Crippen LogP contribution in [0.25, 0.3) is 0 Å². The monoisotopic (exact) mass is 216 g/mol. The molecule has 14 heavy (non-hydrogen) atoms. The molecule has 1 heterocycles. The summed E-state index contributed by atoms with van der Waals surface area (Å²) in [6, 6.07) is 0. The molecule has 0 aromatic heterocycles. The summed E-state index contributed by atoms with van der Waals surface area (Å²) in [5.74, 6) is 0.0325. The Labute approximate surface area is 90.3 Å². The zero-order valence-corrected chi connectivity index (χ0v) is 9.35. The molecule has 0 aromatic rings. The maximum absolute atomic E-state index is 11.1. The minimum atomic E-state index is -0.236. The molecule has 0 N–H and O–H groups in total. The van der Waals surface area contributed by atoms with Gasteiger partial charge in [-0.05, 0) is 18.9 Å². The number of alkyl halides is 1. The number of ether oxygens (including phenoxy) is 1. The zero-order chi connectivity index (χ0) is 10.4. The zero-order valence-electron chi connectivity index (χ0n) is 8.59. The SMILES string of the molecule is CCCCCC[C@H]1C=C(CCl)C(=O)O1. The van der Waals surface area contributed by atoms with Gasteiger partial charge in [-0.25, -0.2) is 4.79 Å². The first-order valence-electron chi connectivity index (χ1n) is 5.25. The van der Waals surface area contributed by atoms with Gasteiger partial charge >= 0.3 is 5.97 Å². The standard InChI is InChI=1S/C11H17ClO2/c1-2-3-4-5-6-10-7-9(8-12)11(13)14-10/h7,10H,2-6,8H2,1H3/t10-/m0/s1. The number of carbonyl (C=O) groups is 1. The van der Waals surface area contributed by atoms with Gasteiger partial charge in [-0.1, -0.05) is 26.2 Å². The molecule has 1 atom stereocenters. The lowest BCUT2D eigenvalue weighted by Gasteiger charge is -2.06. The minimum Gasteiger partial charge on any atom is -0.455 e. The summed E-state index contributed by atoms with van der Waals surface area (Å²) in [5, 5.41) is 0. The number of cyclic esters (lactones) is 1. The second kappa shape index (κ2) is 6.07. The molecule has 0 radical (unpaired) electrons. The van der Waals surface area contributed by atoms with E-state index in [0.717, 1.165) is 12.8 Å². The van der Waals surface area contributed by atoms with E-state index in [1.165, 1.54) is 19.3 Å². The van der Waals surface area contributed by atoms with Gasteiger partial charge in [0.15, 0.2) is 0 Å². The third-order valence-electron chi connectivity index (χ3n) is 2.39. The molecule has 0 fully saturated rings. The summed E-state index contributed by atoms with van der Waals surface area (Å²) in [5.41, 5.74) is 0.618. The number of unbranched alkanes of at least 4 members (excludes halogenated alkanes) is 3. The summed E-state index contributed by atoms with van der Waals surface area (Å²) in [6.45, 7) is 2.18. The highest BCUT2D eigenvalue weighted by Crippen LogP contribution is 2.19. The molecular formula is C11H17ClO2. The number of hydrogen-bond acceptors (Lipinski definition) is 2. The predicted octanol–water partition coefficient (Wildman–Crippen LogP) is 3.05. The van der Waals surface area contributed by atoms with Crippen LogP contribution < -0.4 is 0 Å². The van der Waals surface area contributed by atoms with Crippen LogP contribution in [0, 0.1) is 0 Å². The Morgan fingerprint density at radius 3 is 2.79 bits per heavy atom. The predicted molar refractivity (Wildman–Crippen MR) is 57.4 cm³/mol. The van der Waals surface area contributed by atoms with Gasteiger partial charge in [0.1, 0.15) is 6.10 Å². The maximum atomic E-state index is 11.1. The Hall–Kier alpha value is -0.500. The van der Waals surface area contributed by atoms with Gasteiger partial charge in [0.05, 0.1) is 11.5 Å². The molecule has 0 spiro atoms. The van der Waals surface area contributed by atoms with Crippen LogP contribution in [0.1, 0.15) is 39.0 Å². The molecule has 1 aliphatic heterocycles. The molecule has 0 unspecified atom stereocenters. The van der Waals surface area contributed by atoms with Gasteiger partial charge in [0.2, 0.25) is 0 Å². The Kier molecular flexibility index (Phi) is 5.02. The van der Waals surface area contributed by atoms with E-state index in [0.29, 0.717) is 5.57 Å². The highest BCUT2D eigenvalue weighted by molar-refractivity contribution is 6.22. The number of halogens is 1. The van der Waals surface area contributed by atoms with E-state index in [2.05, 4.69) is 6.92 Å². The summed E-state index contributed by atoms with van der Waals surface area (Å²) in [4.78, 5) is 11.1. The Balaban J connectivity index is 2.21. The average molecular weight is 217 g/mol. The second-order valence-electron chi connectivity index (χ2n) is 3.62. The van der Waals surface area contributed by atoms with Crippen molar-refractivity contribution in [3.63, 3.8) is 0 Å². The average Bonchev–Trinajstić information content (AvgIpc) is 2.54. The van der Waals surface area contributed by atoms with Gasteiger partial charge in [-0.3, -0.25) is 0 Å². The smallest absolute Gasteiger partial charge is 0.335 e. The van der Waals surface area contributed by atoms with Crippen molar-refractivity contribution in [2.45, 2.75) is 45.1 Å². The molecule has 1 rings (SSSR count). The van der Waals surface area contributed by atoms with E-state index in [1.807, 2.05) is 6.08 Å². The first-order valence-corrected chi connectivity index (χ1v) is 5.79. The van der Waals surface area contributed by atoms with Crippen molar-refractivity contribution in [3.05, 3.63) is 11.6 Å². The second-order valence-corrected chi connectivity index (χ2v) is 3.89. The normalized spacial score (nSPS) is 20.9. The summed E-state index contributed by atoms with van der Waals surface area (Å²) in [7, 11) is 0. The van der Waals surface area contributed by atoms with Gasteiger partial charge in [0, 0.05) is 0 Å². The highest BCUT2D eigenvalue weighted by atomic mass is 35.5. The highest BCUT2D eigenvalue weighted by Gasteiger charge is 2.23. The lowest BCUT2D eigenvalue weighted by molar-refractivity contribution is -0.139. The number of esters is 1. The van der Waals surface area contributed by atoms with Gasteiger partial charge in [-0.2, -0.15) is 0 Å². The molecule has 0 aliphatic carbocycles. The van der Waals surface area contributed by atoms with Crippen LogP contribution in [0.3, 0.4) is 0 Å². The van der Waals surface area contributed by atoms with Gasteiger partial charge in [0.25, 0.3) is 0 Å². The fourth-order valence-electron chi connectivity index (χ4n) is 1.55. The van der Waals surface area contributed by atoms with Crippen molar-refractivity contribution < 1.29 is 9.53 Å². The number of rotatable bonds is 6. The van der Waals surface area contributed by atoms with Crippen LogP contribution >= 0.6 is 11.6 Å². The van der Waals surface area contributed by atoms with Crippen molar-refractivity contribution in [2.75, 3.05) is 5.88 Å². The Morgan fingerprint density at radius 1 is 1.43 bits per heavy atom. The van der Waals surface area contributed by atoms with Crippen molar-refractivity contribution >= 4 is 17.6 Å². The summed E-state index contributed by atoms with van der Waals surface area (Å²) < 4.78 is 5.13. The molecular weight excluding hydrogens is 200 g/mol. The largest absolute Gasteiger partial charge is 0.455 e. The molecule has 3 heteroatoms. The first kappa shape index (κ1) is 11.6. The molecule has 2 nitrogen and oxygen atoms in total. The van der Waals surface area contributed by atoms with E-state index in [4.69, 9.17) is 16.3 Å². The van der Waals surface area contributed by atoms with Crippen LogP contribution in [0.5, 0.6) is 0 Å². The molecule has 1 aliphatic rings. The number of hydrogen-bond donors (Lipinski definition) is 0. The van der Waals surface area contributed by atoms with E-state index >= 15 is 0 Å². The van der Waals surface area contributed by atoms with Crippen LogP contribution in [0.15, 0.2) is 11.6 Å². The van der Waals surface area contributed by atoms with E-state index < -0.39 is 0 Å². The van der Waals surface area contributed by atoms with Crippen molar-refractivity contribution in [2.24, 2.45) is 0 Å². The molecule has 0 bridgehead atoms. The van der Waals surface area contributed by atoms with Crippen molar-refractivity contribution in [3.8, 4) is 0 Å². The minimum absolute atomic E-state index is 0.0203. The third kappa shape index (κ3) is 3.33. The summed E-state index contributed by atoms with van der Waals surface area (Å²) in [6.07, 6.45) is 7.60. The molecule has 0 saturated carbocycles. The Morgan fingerprint density at radius 2 is 2.21 bits per heavy atom. The first-order chi connectivity index (χ1) is 6.77. The third-order valence-corrected chi connectivity index (χ3v) is 2.68. The molecule has 0 amide bonds. The van der Waals surface area contributed by atoms with Gasteiger partial charge < -0.3 is 4.74 Å². The van der Waals surface area contributed by atoms with Crippen LogP contribution in [-0.4, -0.2) is 18.0 Å². The van der Waals surface area contributed by atoms with E-state index in [9.17, 15) is 4.79 Å². The fourth-order valence-corrected chi connectivity index (χ4v) is 1.75. The lowest BCUT2D eigenvalue weighted by Crippen LogP contribution is -2.08. The Bertz CT molecular complexity index is 223. The van der Waals surface area contributed by atoms with Crippen molar-refractivity contribution in [1.29, 1.82) is 0 Å². The van der Waals surface area contributed by atoms with Crippen LogP contribution in [0.4, 0.5) is 0 Å². The quantitative estimate of drug-likeness (QED) is 0.388.